The fourth-order valence-electron chi connectivity index (χ4n) is 6.42. The van der Waals surface area contributed by atoms with E-state index in [1.807, 2.05) is 66.7 Å². The standard InChI is InChI=1S/C45H29N3O/c1-5-13-30(14-6-1)36-25-37(31-15-7-2-8-16-31)27-38(26-36)34-22-24-41-40(28-34)39-23-21-35(29-42(39)49-41)45-47-43(32-17-9-3-10-18-32)46-44(48-45)33-19-11-4-12-20-33/h1-29H. The molecule has 0 saturated carbocycles. The van der Waals surface area contributed by atoms with Crippen LogP contribution in [0.2, 0.25) is 0 Å². The molecule has 0 spiro atoms. The summed E-state index contributed by atoms with van der Waals surface area (Å²) in [6, 6.07) is 60.7. The van der Waals surface area contributed by atoms with E-state index in [0.29, 0.717) is 17.5 Å². The zero-order valence-electron chi connectivity index (χ0n) is 26.5. The maximum absolute atomic E-state index is 6.45. The van der Waals surface area contributed by atoms with Crippen molar-refractivity contribution in [3.8, 4) is 67.5 Å². The zero-order chi connectivity index (χ0) is 32.6. The number of fused-ring (bicyclic) bond motifs is 3. The van der Waals surface area contributed by atoms with Gasteiger partial charge in [-0.1, -0.05) is 133 Å². The molecule has 0 aliphatic heterocycles. The zero-order valence-corrected chi connectivity index (χ0v) is 26.5. The van der Waals surface area contributed by atoms with Gasteiger partial charge >= 0.3 is 0 Å². The summed E-state index contributed by atoms with van der Waals surface area (Å²) in [4.78, 5) is 14.7. The second kappa shape index (κ2) is 12.2. The molecule has 0 aliphatic carbocycles. The van der Waals surface area contributed by atoms with Gasteiger partial charge in [0.2, 0.25) is 0 Å². The van der Waals surface area contributed by atoms with Crippen molar-refractivity contribution < 1.29 is 4.42 Å². The summed E-state index contributed by atoms with van der Waals surface area (Å²) in [7, 11) is 0. The molecule has 0 unspecified atom stereocenters. The number of hydrogen-bond acceptors (Lipinski definition) is 4. The molecule has 9 aromatic rings. The lowest BCUT2D eigenvalue weighted by Gasteiger charge is -2.11. The van der Waals surface area contributed by atoms with Gasteiger partial charge < -0.3 is 4.42 Å². The maximum Gasteiger partial charge on any atom is 0.164 e. The van der Waals surface area contributed by atoms with E-state index in [4.69, 9.17) is 19.4 Å². The third kappa shape index (κ3) is 5.56. The Bertz CT molecular complexity index is 2460. The topological polar surface area (TPSA) is 51.8 Å². The van der Waals surface area contributed by atoms with Crippen molar-refractivity contribution in [2.75, 3.05) is 0 Å². The van der Waals surface area contributed by atoms with Gasteiger partial charge in [0.25, 0.3) is 0 Å². The second-order valence-corrected chi connectivity index (χ2v) is 12.1. The number of furan rings is 1. The van der Waals surface area contributed by atoms with Crippen molar-refractivity contribution in [1.82, 2.24) is 15.0 Å². The molecular weight excluding hydrogens is 599 g/mol. The van der Waals surface area contributed by atoms with Crippen LogP contribution in [0.3, 0.4) is 0 Å². The minimum atomic E-state index is 0.599. The van der Waals surface area contributed by atoms with Crippen LogP contribution in [0, 0.1) is 0 Å². The Labute approximate surface area is 284 Å². The molecule has 4 heteroatoms. The molecule has 0 saturated heterocycles. The highest BCUT2D eigenvalue weighted by atomic mass is 16.3. The summed E-state index contributed by atoms with van der Waals surface area (Å²) < 4.78 is 6.45. The van der Waals surface area contributed by atoms with Crippen molar-refractivity contribution in [2.45, 2.75) is 0 Å². The first-order valence-electron chi connectivity index (χ1n) is 16.4. The third-order valence-corrected chi connectivity index (χ3v) is 8.91. The van der Waals surface area contributed by atoms with Gasteiger partial charge in [0.15, 0.2) is 17.5 Å². The Kier molecular flexibility index (Phi) is 7.10. The average molecular weight is 628 g/mol. The van der Waals surface area contributed by atoms with Crippen LogP contribution < -0.4 is 0 Å². The number of aromatic nitrogens is 3. The van der Waals surface area contributed by atoms with Gasteiger partial charge in [0.1, 0.15) is 11.2 Å². The largest absolute Gasteiger partial charge is 0.456 e. The fourth-order valence-corrected chi connectivity index (χ4v) is 6.42. The molecule has 2 heterocycles. The Morgan fingerprint density at radius 3 is 1.20 bits per heavy atom. The Morgan fingerprint density at radius 1 is 0.265 bits per heavy atom. The molecule has 49 heavy (non-hydrogen) atoms. The van der Waals surface area contributed by atoms with Gasteiger partial charge in [-0.15, -0.1) is 0 Å². The molecule has 0 aliphatic rings. The molecule has 0 bridgehead atoms. The average Bonchev–Trinajstić information content (AvgIpc) is 3.56. The highest BCUT2D eigenvalue weighted by Crippen LogP contribution is 2.37. The summed E-state index contributed by atoms with van der Waals surface area (Å²) >= 11 is 0. The Morgan fingerprint density at radius 2 is 0.694 bits per heavy atom. The minimum absolute atomic E-state index is 0.599. The van der Waals surface area contributed by atoms with Crippen LogP contribution in [-0.4, -0.2) is 15.0 Å². The van der Waals surface area contributed by atoms with E-state index in [9.17, 15) is 0 Å². The highest BCUT2D eigenvalue weighted by molar-refractivity contribution is 6.07. The van der Waals surface area contributed by atoms with Crippen molar-refractivity contribution in [3.05, 3.63) is 176 Å². The second-order valence-electron chi connectivity index (χ2n) is 12.1. The maximum atomic E-state index is 6.45. The van der Waals surface area contributed by atoms with Crippen LogP contribution in [0.4, 0.5) is 0 Å². The molecule has 0 atom stereocenters. The van der Waals surface area contributed by atoms with Crippen LogP contribution in [-0.2, 0) is 0 Å². The van der Waals surface area contributed by atoms with Gasteiger partial charge in [-0.2, -0.15) is 0 Å². The van der Waals surface area contributed by atoms with Crippen molar-refractivity contribution in [1.29, 1.82) is 0 Å². The number of benzene rings is 7. The predicted molar refractivity (Wildman–Crippen MR) is 200 cm³/mol. The normalized spacial score (nSPS) is 11.3. The van der Waals surface area contributed by atoms with E-state index >= 15 is 0 Å². The first kappa shape index (κ1) is 28.6. The Hall–Kier alpha value is -6.65. The van der Waals surface area contributed by atoms with E-state index in [1.165, 1.54) is 22.3 Å². The smallest absolute Gasteiger partial charge is 0.164 e. The molecule has 0 amide bonds. The van der Waals surface area contributed by atoms with Crippen LogP contribution in [0.25, 0.3) is 89.5 Å². The van der Waals surface area contributed by atoms with Gasteiger partial charge in [0, 0.05) is 27.5 Å². The van der Waals surface area contributed by atoms with Crippen LogP contribution in [0.1, 0.15) is 0 Å². The van der Waals surface area contributed by atoms with E-state index in [1.54, 1.807) is 0 Å². The number of hydrogen-bond donors (Lipinski definition) is 0. The summed E-state index contributed by atoms with van der Waals surface area (Å²) in [5, 5.41) is 2.11. The molecule has 7 aromatic carbocycles. The molecule has 0 N–H and O–H groups in total. The molecule has 9 rings (SSSR count). The number of rotatable bonds is 6. The lowest BCUT2D eigenvalue weighted by Crippen LogP contribution is -2.00. The monoisotopic (exact) mass is 627 g/mol. The molecular formula is C45H29N3O. The third-order valence-electron chi connectivity index (χ3n) is 8.91. The van der Waals surface area contributed by atoms with E-state index in [0.717, 1.165) is 49.8 Å². The summed E-state index contributed by atoms with van der Waals surface area (Å²) in [5.41, 5.74) is 11.4. The SMILES string of the molecule is c1ccc(-c2cc(-c3ccccc3)cc(-c3ccc4oc5cc(-c6nc(-c7ccccc7)nc(-c7ccccc7)n6)ccc5c4c3)c2)cc1. The minimum Gasteiger partial charge on any atom is -0.456 e. The first-order chi connectivity index (χ1) is 24.2. The highest BCUT2D eigenvalue weighted by Gasteiger charge is 2.16. The molecule has 0 radical (unpaired) electrons. The molecule has 4 nitrogen and oxygen atoms in total. The number of nitrogens with zero attached hydrogens (tertiary/aromatic N) is 3. The fraction of sp³-hybridized carbons (Fsp3) is 0. The molecule has 2 aromatic heterocycles. The first-order valence-corrected chi connectivity index (χ1v) is 16.4. The van der Waals surface area contributed by atoms with Gasteiger partial charge in [-0.25, -0.2) is 15.0 Å². The quantitative estimate of drug-likeness (QED) is 0.184. The van der Waals surface area contributed by atoms with Crippen molar-refractivity contribution in [3.63, 3.8) is 0 Å². The van der Waals surface area contributed by atoms with Crippen LogP contribution >= 0.6 is 0 Å². The molecule has 230 valence electrons. The van der Waals surface area contributed by atoms with Crippen LogP contribution in [0.5, 0.6) is 0 Å². The lowest BCUT2D eigenvalue weighted by atomic mass is 9.93. The van der Waals surface area contributed by atoms with E-state index in [-0.39, 0.29) is 0 Å². The van der Waals surface area contributed by atoms with Crippen molar-refractivity contribution >= 4 is 21.9 Å². The van der Waals surface area contributed by atoms with Crippen LogP contribution in [0.15, 0.2) is 180 Å². The van der Waals surface area contributed by atoms with E-state index in [2.05, 4.69) is 109 Å². The molecule has 0 fully saturated rings. The summed E-state index contributed by atoms with van der Waals surface area (Å²) in [6.07, 6.45) is 0. The predicted octanol–water partition coefficient (Wildman–Crippen LogP) is 11.8. The van der Waals surface area contributed by atoms with Gasteiger partial charge in [-0.3, -0.25) is 0 Å². The summed E-state index contributed by atoms with van der Waals surface area (Å²) in [6.45, 7) is 0. The van der Waals surface area contributed by atoms with Gasteiger partial charge in [0.05, 0.1) is 0 Å². The summed E-state index contributed by atoms with van der Waals surface area (Å²) in [5.74, 6) is 1.86. The van der Waals surface area contributed by atoms with Crippen molar-refractivity contribution in [2.24, 2.45) is 0 Å². The Balaban J connectivity index is 1.15. The van der Waals surface area contributed by atoms with Gasteiger partial charge in [-0.05, 0) is 75.8 Å². The van der Waals surface area contributed by atoms with E-state index < -0.39 is 0 Å². The lowest BCUT2D eigenvalue weighted by molar-refractivity contribution is 0.669.